The van der Waals surface area contributed by atoms with Crippen LogP contribution in [0.15, 0.2) is 29.6 Å². The number of aromatic nitrogens is 1. The first-order chi connectivity index (χ1) is 11.4. The van der Waals surface area contributed by atoms with Crippen LogP contribution in [0.4, 0.5) is 0 Å². The molecule has 1 heterocycles. The standard InChI is InChI=1S/C18H26N4O2/c1-18(2,3)14-4-6-15(7-5-14)21-22-17(24)16(23)20-12-13-8-10-19-11-9-13/h8-11,14H,4-7,12H2,1-3H3,(H,20,23)(H,22,24). The Morgan fingerprint density at radius 3 is 2.38 bits per heavy atom. The number of carbonyl (C=O) groups excluding carboxylic acids is 2. The van der Waals surface area contributed by atoms with Crippen molar-refractivity contribution < 1.29 is 9.59 Å². The lowest BCUT2D eigenvalue weighted by Gasteiger charge is -2.34. The summed E-state index contributed by atoms with van der Waals surface area (Å²) in [6.45, 7) is 7.07. The van der Waals surface area contributed by atoms with E-state index in [4.69, 9.17) is 0 Å². The number of nitrogens with zero attached hydrogens (tertiary/aromatic N) is 2. The highest BCUT2D eigenvalue weighted by molar-refractivity contribution is 6.35. The Balaban J connectivity index is 1.75. The van der Waals surface area contributed by atoms with Crippen LogP contribution in [0.2, 0.25) is 0 Å². The second-order valence-corrected chi connectivity index (χ2v) is 7.30. The van der Waals surface area contributed by atoms with Crippen LogP contribution in [-0.4, -0.2) is 22.5 Å². The molecule has 0 spiro atoms. The van der Waals surface area contributed by atoms with Crippen molar-refractivity contribution >= 4 is 17.5 Å². The molecule has 0 atom stereocenters. The Bertz CT molecular complexity index is 595. The highest BCUT2D eigenvalue weighted by atomic mass is 16.2. The molecule has 1 fully saturated rings. The summed E-state index contributed by atoms with van der Waals surface area (Å²) in [7, 11) is 0. The molecule has 0 unspecified atom stereocenters. The fourth-order valence-corrected chi connectivity index (χ4v) is 2.87. The van der Waals surface area contributed by atoms with Crippen molar-refractivity contribution in [3.8, 4) is 0 Å². The Morgan fingerprint density at radius 2 is 1.79 bits per heavy atom. The fourth-order valence-electron chi connectivity index (χ4n) is 2.87. The molecule has 1 saturated carbocycles. The minimum atomic E-state index is -0.727. The maximum Gasteiger partial charge on any atom is 0.329 e. The summed E-state index contributed by atoms with van der Waals surface area (Å²) in [4.78, 5) is 27.5. The zero-order chi connectivity index (χ0) is 17.6. The van der Waals surface area contributed by atoms with Crippen LogP contribution >= 0.6 is 0 Å². The summed E-state index contributed by atoms with van der Waals surface area (Å²) in [5.41, 5.74) is 4.52. The number of hydrazone groups is 1. The van der Waals surface area contributed by atoms with Crippen molar-refractivity contribution in [2.75, 3.05) is 0 Å². The Kier molecular flexibility index (Phi) is 6.06. The molecule has 2 N–H and O–H groups in total. The van der Waals surface area contributed by atoms with Crippen molar-refractivity contribution in [1.82, 2.24) is 15.7 Å². The van der Waals surface area contributed by atoms with Gasteiger partial charge >= 0.3 is 11.8 Å². The van der Waals surface area contributed by atoms with E-state index in [0.717, 1.165) is 37.0 Å². The first kappa shape index (κ1) is 18.1. The molecule has 0 bridgehead atoms. The van der Waals surface area contributed by atoms with Gasteiger partial charge in [0, 0.05) is 24.7 Å². The Hall–Kier alpha value is -2.24. The van der Waals surface area contributed by atoms with Crippen LogP contribution < -0.4 is 10.7 Å². The van der Waals surface area contributed by atoms with Crippen LogP contribution in [0.25, 0.3) is 0 Å². The molecule has 1 aliphatic rings. The van der Waals surface area contributed by atoms with E-state index >= 15 is 0 Å². The SMILES string of the molecule is CC(C)(C)C1CCC(=NNC(=O)C(=O)NCc2ccncc2)CC1. The number of carbonyl (C=O) groups is 2. The monoisotopic (exact) mass is 330 g/mol. The average Bonchev–Trinajstić information content (AvgIpc) is 2.58. The van der Waals surface area contributed by atoms with Gasteiger partial charge in [0.2, 0.25) is 0 Å². The third-order valence-electron chi connectivity index (χ3n) is 4.51. The van der Waals surface area contributed by atoms with Crippen molar-refractivity contribution in [3.63, 3.8) is 0 Å². The third-order valence-corrected chi connectivity index (χ3v) is 4.51. The average molecular weight is 330 g/mol. The topological polar surface area (TPSA) is 83.5 Å². The van der Waals surface area contributed by atoms with E-state index in [1.54, 1.807) is 24.5 Å². The van der Waals surface area contributed by atoms with Gasteiger partial charge in [-0.15, -0.1) is 0 Å². The minimum absolute atomic E-state index is 0.290. The van der Waals surface area contributed by atoms with Gasteiger partial charge in [0.15, 0.2) is 0 Å². The molecule has 0 radical (unpaired) electrons. The molecule has 24 heavy (non-hydrogen) atoms. The second kappa shape index (κ2) is 8.04. The van der Waals surface area contributed by atoms with Gasteiger partial charge < -0.3 is 5.32 Å². The number of hydrogen-bond donors (Lipinski definition) is 2. The molecule has 0 aromatic carbocycles. The molecular weight excluding hydrogens is 304 g/mol. The highest BCUT2D eigenvalue weighted by Crippen LogP contribution is 2.36. The summed E-state index contributed by atoms with van der Waals surface area (Å²) < 4.78 is 0. The lowest BCUT2D eigenvalue weighted by atomic mass is 9.72. The molecule has 1 aromatic heterocycles. The van der Waals surface area contributed by atoms with Gasteiger partial charge in [-0.2, -0.15) is 5.10 Å². The largest absolute Gasteiger partial charge is 0.344 e. The molecule has 2 amide bonds. The molecule has 0 aliphatic heterocycles. The maximum atomic E-state index is 11.8. The molecule has 6 nitrogen and oxygen atoms in total. The molecule has 130 valence electrons. The number of rotatable bonds is 3. The lowest BCUT2D eigenvalue weighted by Crippen LogP contribution is -2.38. The number of hydrogen-bond acceptors (Lipinski definition) is 4. The fraction of sp³-hybridized carbons (Fsp3) is 0.556. The van der Waals surface area contributed by atoms with Gasteiger partial charge in [0.25, 0.3) is 0 Å². The maximum absolute atomic E-state index is 11.8. The van der Waals surface area contributed by atoms with Crippen molar-refractivity contribution in [3.05, 3.63) is 30.1 Å². The van der Waals surface area contributed by atoms with Crippen LogP contribution in [0.3, 0.4) is 0 Å². The molecule has 1 aliphatic carbocycles. The van der Waals surface area contributed by atoms with E-state index in [9.17, 15) is 9.59 Å². The van der Waals surface area contributed by atoms with Crippen LogP contribution in [0.5, 0.6) is 0 Å². The zero-order valence-corrected chi connectivity index (χ0v) is 14.6. The van der Waals surface area contributed by atoms with Crippen molar-refractivity contribution in [2.24, 2.45) is 16.4 Å². The van der Waals surface area contributed by atoms with Gasteiger partial charge in [-0.1, -0.05) is 20.8 Å². The number of pyridine rings is 1. The van der Waals surface area contributed by atoms with Crippen LogP contribution in [0.1, 0.15) is 52.0 Å². The summed E-state index contributed by atoms with van der Waals surface area (Å²) in [5.74, 6) is -0.732. The van der Waals surface area contributed by atoms with E-state index in [-0.39, 0.29) is 0 Å². The summed E-state index contributed by atoms with van der Waals surface area (Å²) in [5, 5.41) is 6.69. The molecule has 6 heteroatoms. The van der Waals surface area contributed by atoms with E-state index in [0.29, 0.717) is 17.9 Å². The highest BCUT2D eigenvalue weighted by Gasteiger charge is 2.28. The van der Waals surface area contributed by atoms with Crippen LogP contribution in [-0.2, 0) is 16.1 Å². The molecule has 2 rings (SSSR count). The number of amides is 2. The number of nitrogens with one attached hydrogen (secondary N) is 2. The van der Waals surface area contributed by atoms with Crippen LogP contribution in [0, 0.1) is 11.3 Å². The quantitative estimate of drug-likeness (QED) is 0.659. The smallest absolute Gasteiger partial charge is 0.329 e. The normalized spacial score (nSPS) is 18.0. The first-order valence-corrected chi connectivity index (χ1v) is 8.39. The van der Waals surface area contributed by atoms with Gasteiger partial charge in [0.1, 0.15) is 0 Å². The van der Waals surface area contributed by atoms with E-state index in [1.807, 2.05) is 0 Å². The summed E-state index contributed by atoms with van der Waals surface area (Å²) in [6.07, 6.45) is 7.18. The minimum Gasteiger partial charge on any atom is -0.344 e. The van der Waals surface area contributed by atoms with E-state index in [1.165, 1.54) is 0 Å². The van der Waals surface area contributed by atoms with E-state index in [2.05, 4.69) is 41.6 Å². The van der Waals surface area contributed by atoms with Crippen molar-refractivity contribution in [2.45, 2.75) is 53.0 Å². The Labute approximate surface area is 143 Å². The first-order valence-electron chi connectivity index (χ1n) is 8.39. The van der Waals surface area contributed by atoms with Gasteiger partial charge in [-0.05, 0) is 54.7 Å². The van der Waals surface area contributed by atoms with Gasteiger partial charge in [-0.25, -0.2) is 5.43 Å². The predicted molar refractivity (Wildman–Crippen MR) is 93.1 cm³/mol. The lowest BCUT2D eigenvalue weighted by molar-refractivity contribution is -0.139. The molecular formula is C18H26N4O2. The third kappa shape index (κ3) is 5.44. The predicted octanol–water partition coefficient (Wildman–Crippen LogP) is 2.41. The van der Waals surface area contributed by atoms with Gasteiger partial charge in [-0.3, -0.25) is 14.6 Å². The summed E-state index contributed by atoms with van der Waals surface area (Å²) >= 11 is 0. The van der Waals surface area contributed by atoms with Gasteiger partial charge in [0.05, 0.1) is 0 Å². The second-order valence-electron chi connectivity index (χ2n) is 7.30. The molecule has 0 saturated heterocycles. The zero-order valence-electron chi connectivity index (χ0n) is 14.6. The summed E-state index contributed by atoms with van der Waals surface area (Å²) in [6, 6.07) is 3.57. The van der Waals surface area contributed by atoms with E-state index < -0.39 is 11.8 Å². The molecule has 1 aromatic rings. The van der Waals surface area contributed by atoms with Crippen molar-refractivity contribution in [1.29, 1.82) is 0 Å². The Morgan fingerprint density at radius 1 is 1.17 bits per heavy atom.